The largest absolute Gasteiger partial charge is 0.486 e. The minimum absolute atomic E-state index is 0.0539. The van der Waals surface area contributed by atoms with E-state index in [1.165, 1.54) is 12.8 Å². The van der Waals surface area contributed by atoms with Gasteiger partial charge in [-0.25, -0.2) is 0 Å². The molecule has 0 bridgehead atoms. The molecule has 2 fully saturated rings. The van der Waals surface area contributed by atoms with Crippen molar-refractivity contribution in [1.82, 2.24) is 4.90 Å². The third kappa shape index (κ3) is 6.10. The molecule has 9 heteroatoms. The van der Waals surface area contributed by atoms with Crippen molar-refractivity contribution in [2.24, 2.45) is 5.92 Å². The van der Waals surface area contributed by atoms with E-state index in [0.717, 1.165) is 59.6 Å². The third-order valence-electron chi connectivity index (χ3n) is 9.22. The van der Waals surface area contributed by atoms with E-state index in [0.29, 0.717) is 36.3 Å². The van der Waals surface area contributed by atoms with Gasteiger partial charge >= 0.3 is 5.97 Å². The smallest absolute Gasteiger partial charge is 0.309 e. The molecule has 0 radical (unpaired) electrons. The van der Waals surface area contributed by atoms with Gasteiger partial charge in [-0.05, 0) is 84.3 Å². The van der Waals surface area contributed by atoms with Crippen LogP contribution in [0.4, 0.5) is 11.4 Å². The Balaban J connectivity index is 1.33. The lowest BCUT2D eigenvalue weighted by atomic mass is 9.82. The zero-order valence-corrected chi connectivity index (χ0v) is 26.1. The lowest BCUT2D eigenvalue weighted by Crippen LogP contribution is -2.35. The molecule has 0 aromatic heterocycles. The number of carboxylic acid groups (broad SMARTS) is 1. The van der Waals surface area contributed by atoms with E-state index in [-0.39, 0.29) is 18.4 Å². The lowest BCUT2D eigenvalue weighted by Gasteiger charge is -2.28. The summed E-state index contributed by atoms with van der Waals surface area (Å²) in [5, 5.41) is 14.5. The number of halogens is 1. The molecule has 44 heavy (non-hydrogen) atoms. The molecule has 6 rings (SSSR count). The molecule has 8 nitrogen and oxygen atoms in total. The number of likely N-dealkylation sites (tertiary alicyclic amines) is 1. The number of aliphatic carboxylic acids is 1. The van der Waals surface area contributed by atoms with Gasteiger partial charge in [0, 0.05) is 48.0 Å². The highest BCUT2D eigenvalue weighted by Crippen LogP contribution is 2.47. The second-order valence-corrected chi connectivity index (χ2v) is 12.3. The normalized spacial score (nSPS) is 21.4. The van der Waals surface area contributed by atoms with Gasteiger partial charge in [0.1, 0.15) is 13.2 Å². The van der Waals surface area contributed by atoms with Gasteiger partial charge in [0.25, 0.3) is 0 Å². The highest BCUT2D eigenvalue weighted by atomic mass is 35.5. The van der Waals surface area contributed by atoms with Crippen LogP contribution in [0.1, 0.15) is 60.9 Å². The average Bonchev–Trinajstić information content (AvgIpc) is 3.70. The van der Waals surface area contributed by atoms with Crippen LogP contribution < -0.4 is 19.7 Å². The molecular formula is C35H40ClN3O5. The van der Waals surface area contributed by atoms with Crippen LogP contribution >= 0.6 is 11.6 Å². The summed E-state index contributed by atoms with van der Waals surface area (Å²) in [5.74, 6) is -0.898. The van der Waals surface area contributed by atoms with Crippen molar-refractivity contribution in [3.63, 3.8) is 0 Å². The summed E-state index contributed by atoms with van der Waals surface area (Å²) >= 11 is 6.36. The predicted octanol–water partition coefficient (Wildman–Crippen LogP) is 6.32. The van der Waals surface area contributed by atoms with Crippen LogP contribution in [0.2, 0.25) is 5.02 Å². The SMILES string of the molecule is CCc1cc(Cl)cc(CC)c1NC(=O)CN1C[C@H](c2ccc3c(c2)OCCO3)C(C(=O)O)[C@@H]1c1ccc(N2CCCC2)cc1. The second-order valence-electron chi connectivity index (χ2n) is 11.9. The molecule has 232 valence electrons. The lowest BCUT2D eigenvalue weighted by molar-refractivity contribution is -0.143. The molecule has 2 N–H and O–H groups in total. The van der Waals surface area contributed by atoms with Gasteiger partial charge in [0.2, 0.25) is 5.91 Å². The van der Waals surface area contributed by atoms with E-state index in [9.17, 15) is 14.7 Å². The molecule has 0 aliphatic carbocycles. The molecule has 3 aromatic carbocycles. The van der Waals surface area contributed by atoms with E-state index < -0.39 is 17.9 Å². The number of nitrogens with one attached hydrogen (secondary N) is 1. The molecule has 0 saturated carbocycles. The van der Waals surface area contributed by atoms with E-state index in [1.807, 2.05) is 61.2 Å². The highest BCUT2D eigenvalue weighted by molar-refractivity contribution is 6.30. The summed E-state index contributed by atoms with van der Waals surface area (Å²) in [7, 11) is 0. The molecule has 2 saturated heterocycles. The number of fused-ring (bicyclic) bond motifs is 1. The Hall–Kier alpha value is -3.75. The van der Waals surface area contributed by atoms with Gasteiger partial charge in [-0.3, -0.25) is 14.5 Å². The fourth-order valence-electron chi connectivity index (χ4n) is 7.08. The Morgan fingerprint density at radius 3 is 2.18 bits per heavy atom. The van der Waals surface area contributed by atoms with Crippen molar-refractivity contribution < 1.29 is 24.2 Å². The van der Waals surface area contributed by atoms with Crippen molar-refractivity contribution >= 4 is 34.9 Å². The van der Waals surface area contributed by atoms with Crippen molar-refractivity contribution in [2.45, 2.75) is 51.5 Å². The van der Waals surface area contributed by atoms with Crippen molar-refractivity contribution in [1.29, 1.82) is 0 Å². The molecule has 3 aromatic rings. The maximum absolute atomic E-state index is 13.7. The van der Waals surface area contributed by atoms with E-state index in [1.54, 1.807) is 0 Å². The van der Waals surface area contributed by atoms with Gasteiger partial charge in [-0.15, -0.1) is 0 Å². The predicted molar refractivity (Wildman–Crippen MR) is 172 cm³/mol. The summed E-state index contributed by atoms with van der Waals surface area (Å²) in [6.07, 6.45) is 3.82. The van der Waals surface area contributed by atoms with Crippen molar-refractivity contribution in [2.75, 3.05) is 49.6 Å². The minimum Gasteiger partial charge on any atom is -0.486 e. The number of nitrogens with zero attached hydrogens (tertiary/aromatic N) is 2. The summed E-state index contributed by atoms with van der Waals surface area (Å²) in [6.45, 7) is 7.54. The number of hydrogen-bond acceptors (Lipinski definition) is 6. The second kappa shape index (κ2) is 13.1. The molecule has 3 heterocycles. The van der Waals surface area contributed by atoms with E-state index in [4.69, 9.17) is 21.1 Å². The minimum atomic E-state index is -0.888. The summed E-state index contributed by atoms with van der Waals surface area (Å²) < 4.78 is 11.6. The van der Waals surface area contributed by atoms with Crippen LogP contribution in [0, 0.1) is 5.92 Å². The Labute approximate surface area is 263 Å². The van der Waals surface area contributed by atoms with Crippen LogP contribution in [0.15, 0.2) is 54.6 Å². The number of benzene rings is 3. The van der Waals surface area contributed by atoms with Crippen molar-refractivity contribution in [3.8, 4) is 11.5 Å². The van der Waals surface area contributed by atoms with Crippen LogP contribution in [0.3, 0.4) is 0 Å². The quantitative estimate of drug-likeness (QED) is 0.290. The maximum Gasteiger partial charge on any atom is 0.309 e. The molecule has 3 aliphatic heterocycles. The molecule has 0 spiro atoms. The average molecular weight is 618 g/mol. The summed E-state index contributed by atoms with van der Waals surface area (Å²) in [6, 6.07) is 17.2. The number of hydrogen-bond donors (Lipinski definition) is 2. The number of carbonyl (C=O) groups excluding carboxylic acids is 1. The summed E-state index contributed by atoms with van der Waals surface area (Å²) in [4.78, 5) is 31.2. The fraction of sp³-hybridized carbons (Fsp3) is 0.429. The first kappa shape index (κ1) is 30.3. The van der Waals surface area contributed by atoms with Gasteiger partial charge in [0.15, 0.2) is 11.5 Å². The van der Waals surface area contributed by atoms with Gasteiger partial charge in [-0.2, -0.15) is 0 Å². The molecule has 1 unspecified atom stereocenters. The van der Waals surface area contributed by atoms with Crippen LogP contribution in [-0.4, -0.2) is 61.3 Å². The molecule has 3 atom stereocenters. The van der Waals surface area contributed by atoms with Gasteiger partial charge < -0.3 is 24.8 Å². The number of carboxylic acids is 1. The zero-order chi connectivity index (χ0) is 30.8. The Morgan fingerprint density at radius 2 is 1.55 bits per heavy atom. The third-order valence-corrected chi connectivity index (χ3v) is 9.44. The zero-order valence-electron chi connectivity index (χ0n) is 25.4. The van der Waals surface area contributed by atoms with Gasteiger partial charge in [-0.1, -0.05) is 43.6 Å². The van der Waals surface area contributed by atoms with E-state index in [2.05, 4.69) is 22.3 Å². The van der Waals surface area contributed by atoms with Gasteiger partial charge in [0.05, 0.1) is 12.5 Å². The monoisotopic (exact) mass is 617 g/mol. The first-order valence-electron chi connectivity index (χ1n) is 15.7. The highest BCUT2D eigenvalue weighted by Gasteiger charge is 2.48. The standard InChI is InChI=1S/C35H40ClN3O5/c1-3-22-17-26(36)18-23(4-2)33(22)37-31(40)21-39-20-28(25-9-12-29-30(19-25)44-16-15-43-29)32(35(41)42)34(39)24-7-10-27(11-8-24)38-13-5-6-14-38/h7-12,17-19,28,32,34H,3-6,13-16,20-21H2,1-2H3,(H,37,40)(H,41,42)/t28-,32?,34+/m1/s1. The van der Waals surface area contributed by atoms with Crippen LogP contribution in [0.5, 0.6) is 11.5 Å². The Kier molecular flexibility index (Phi) is 9.01. The van der Waals surface area contributed by atoms with Crippen molar-refractivity contribution in [3.05, 3.63) is 81.9 Å². The first-order chi connectivity index (χ1) is 21.4. The number of ether oxygens (including phenoxy) is 2. The Morgan fingerprint density at radius 1 is 0.909 bits per heavy atom. The molecule has 3 aliphatic rings. The van der Waals surface area contributed by atoms with Crippen LogP contribution in [-0.2, 0) is 22.4 Å². The number of anilines is 2. The maximum atomic E-state index is 13.7. The van der Waals surface area contributed by atoms with E-state index >= 15 is 0 Å². The number of amides is 1. The first-order valence-corrected chi connectivity index (χ1v) is 16.1. The summed E-state index contributed by atoms with van der Waals surface area (Å²) in [5.41, 5.74) is 5.66. The molecular weight excluding hydrogens is 578 g/mol. The van der Waals surface area contributed by atoms with Crippen LogP contribution in [0.25, 0.3) is 0 Å². The molecule has 1 amide bonds. The Bertz CT molecular complexity index is 1500. The fourth-order valence-corrected chi connectivity index (χ4v) is 7.35. The number of aryl methyl sites for hydroxylation is 2. The topological polar surface area (TPSA) is 91.3 Å². The number of carbonyl (C=O) groups is 2. The number of rotatable bonds is 9.